The van der Waals surface area contributed by atoms with Crippen LogP contribution in [-0.2, 0) is 0 Å². The van der Waals surface area contributed by atoms with Crippen LogP contribution in [0.5, 0.6) is 0 Å². The predicted octanol–water partition coefficient (Wildman–Crippen LogP) is 2.34. The number of aromatic nitrogens is 1. The normalized spacial score (nSPS) is 11.5. The lowest BCUT2D eigenvalue weighted by Crippen LogP contribution is -2.45. The number of nitrogens with zero attached hydrogens (tertiary/aromatic N) is 1. The average Bonchev–Trinajstić information content (AvgIpc) is 2.94. The largest absolute Gasteiger partial charge is 0.349 e. The first-order chi connectivity index (χ1) is 8.46. The molecule has 0 fully saturated rings. The highest BCUT2D eigenvalue weighted by atomic mass is 32.1. The summed E-state index contributed by atoms with van der Waals surface area (Å²) in [7, 11) is 0. The average molecular weight is 281 g/mol. The number of thiazole rings is 1. The van der Waals surface area contributed by atoms with Crippen LogP contribution in [0.15, 0.2) is 22.9 Å². The third kappa shape index (κ3) is 3.38. The first-order valence-corrected chi connectivity index (χ1v) is 7.28. The number of carbonyl (C=O) groups excluding carboxylic acids is 1. The van der Waals surface area contributed by atoms with Crippen molar-refractivity contribution in [1.29, 1.82) is 0 Å². The van der Waals surface area contributed by atoms with Gasteiger partial charge in [0.15, 0.2) is 0 Å². The van der Waals surface area contributed by atoms with Crippen LogP contribution < -0.4 is 11.1 Å². The molecule has 6 heteroatoms. The van der Waals surface area contributed by atoms with Crippen molar-refractivity contribution in [2.24, 2.45) is 5.73 Å². The quantitative estimate of drug-likeness (QED) is 0.904. The van der Waals surface area contributed by atoms with Gasteiger partial charge >= 0.3 is 0 Å². The second kappa shape index (κ2) is 5.17. The number of amides is 1. The Morgan fingerprint density at radius 2 is 2.28 bits per heavy atom. The first-order valence-electron chi connectivity index (χ1n) is 5.52. The van der Waals surface area contributed by atoms with Gasteiger partial charge in [-0.2, -0.15) is 0 Å². The van der Waals surface area contributed by atoms with E-state index in [0.29, 0.717) is 12.2 Å². The number of nitrogens with one attached hydrogen (secondary N) is 1. The molecule has 4 nitrogen and oxygen atoms in total. The third-order valence-electron chi connectivity index (χ3n) is 2.17. The second-order valence-electron chi connectivity index (χ2n) is 4.69. The molecule has 2 rings (SSSR count). The highest BCUT2D eigenvalue weighted by Crippen LogP contribution is 2.27. The predicted molar refractivity (Wildman–Crippen MR) is 76.0 cm³/mol. The van der Waals surface area contributed by atoms with Gasteiger partial charge in [0.2, 0.25) is 0 Å². The molecule has 2 aromatic heterocycles. The molecule has 18 heavy (non-hydrogen) atoms. The number of thiophene rings is 1. The lowest BCUT2D eigenvalue weighted by Gasteiger charge is -2.18. The Bertz CT molecular complexity index is 526. The van der Waals surface area contributed by atoms with Crippen LogP contribution in [0.3, 0.4) is 0 Å². The fraction of sp³-hybridized carbons (Fsp3) is 0.333. The maximum Gasteiger partial charge on any atom is 0.270 e. The van der Waals surface area contributed by atoms with Gasteiger partial charge < -0.3 is 11.1 Å². The van der Waals surface area contributed by atoms with E-state index >= 15 is 0 Å². The number of rotatable bonds is 4. The molecule has 0 bridgehead atoms. The molecule has 0 atom stereocenters. The molecule has 1 amide bonds. The molecule has 0 aliphatic heterocycles. The summed E-state index contributed by atoms with van der Waals surface area (Å²) < 4.78 is 0. The monoisotopic (exact) mass is 281 g/mol. The van der Waals surface area contributed by atoms with Crippen molar-refractivity contribution >= 4 is 28.6 Å². The molecule has 3 N–H and O–H groups in total. The summed E-state index contributed by atoms with van der Waals surface area (Å²) in [4.78, 5) is 17.3. The summed E-state index contributed by atoms with van der Waals surface area (Å²) in [5.74, 6) is -0.174. The minimum Gasteiger partial charge on any atom is -0.349 e. The maximum absolute atomic E-state index is 11.9. The van der Waals surface area contributed by atoms with E-state index in [1.807, 2.05) is 31.4 Å². The maximum atomic E-state index is 11.9. The molecule has 0 unspecified atom stereocenters. The smallest absolute Gasteiger partial charge is 0.270 e. The summed E-state index contributed by atoms with van der Waals surface area (Å²) in [5, 5.41) is 7.42. The van der Waals surface area contributed by atoms with Gasteiger partial charge in [0.25, 0.3) is 5.91 Å². The molecule has 0 aromatic carbocycles. The summed E-state index contributed by atoms with van der Waals surface area (Å²) in [6, 6.07) is 3.96. The van der Waals surface area contributed by atoms with Gasteiger partial charge in [-0.1, -0.05) is 6.07 Å². The van der Waals surface area contributed by atoms with Gasteiger partial charge in [-0.05, 0) is 25.3 Å². The Hall–Kier alpha value is -1.24. The SMILES string of the molecule is CC(C)(N)CNC(=O)c1csc(-c2cccs2)n1. The van der Waals surface area contributed by atoms with Gasteiger partial charge in [0.05, 0.1) is 4.88 Å². The fourth-order valence-electron chi connectivity index (χ4n) is 1.29. The van der Waals surface area contributed by atoms with Crippen LogP contribution in [-0.4, -0.2) is 23.0 Å². The van der Waals surface area contributed by atoms with Gasteiger partial charge in [0, 0.05) is 17.5 Å². The zero-order chi connectivity index (χ0) is 13.2. The molecule has 2 heterocycles. The van der Waals surface area contributed by atoms with Gasteiger partial charge in [-0.25, -0.2) is 4.98 Å². The molecular weight excluding hydrogens is 266 g/mol. The summed E-state index contributed by atoms with van der Waals surface area (Å²) in [5.41, 5.74) is 5.85. The number of nitrogens with two attached hydrogens (primary N) is 1. The van der Waals surface area contributed by atoms with E-state index in [1.54, 1.807) is 16.7 Å². The van der Waals surface area contributed by atoms with Crippen molar-refractivity contribution in [2.45, 2.75) is 19.4 Å². The van der Waals surface area contributed by atoms with Crippen LogP contribution in [0.1, 0.15) is 24.3 Å². The van der Waals surface area contributed by atoms with Crippen LogP contribution in [0, 0.1) is 0 Å². The third-order valence-corrected chi connectivity index (χ3v) is 4.05. The van der Waals surface area contributed by atoms with Crippen molar-refractivity contribution in [3.8, 4) is 9.88 Å². The van der Waals surface area contributed by atoms with Crippen molar-refractivity contribution in [1.82, 2.24) is 10.3 Å². The molecule has 0 saturated carbocycles. The Morgan fingerprint density at radius 1 is 1.50 bits per heavy atom. The van der Waals surface area contributed by atoms with Crippen molar-refractivity contribution in [2.75, 3.05) is 6.54 Å². The van der Waals surface area contributed by atoms with Crippen molar-refractivity contribution in [3.05, 3.63) is 28.6 Å². The van der Waals surface area contributed by atoms with Gasteiger partial charge in [-0.15, -0.1) is 22.7 Å². The zero-order valence-electron chi connectivity index (χ0n) is 10.3. The molecular formula is C12H15N3OS2. The fourth-order valence-corrected chi connectivity index (χ4v) is 2.90. The Labute approximate surface area is 114 Å². The van der Waals surface area contributed by atoms with Crippen LogP contribution in [0.2, 0.25) is 0 Å². The zero-order valence-corrected chi connectivity index (χ0v) is 11.9. The Balaban J connectivity index is 2.04. The summed E-state index contributed by atoms with van der Waals surface area (Å²) >= 11 is 3.09. The van der Waals surface area contributed by atoms with E-state index in [9.17, 15) is 4.79 Å². The van der Waals surface area contributed by atoms with Crippen molar-refractivity contribution < 1.29 is 4.79 Å². The number of hydrogen-bond donors (Lipinski definition) is 2. The lowest BCUT2D eigenvalue weighted by atomic mass is 10.1. The van der Waals surface area contributed by atoms with Gasteiger partial charge in [-0.3, -0.25) is 4.79 Å². The second-order valence-corrected chi connectivity index (χ2v) is 6.49. The summed E-state index contributed by atoms with van der Waals surface area (Å²) in [6.07, 6.45) is 0. The topological polar surface area (TPSA) is 68.0 Å². The Morgan fingerprint density at radius 3 is 2.89 bits per heavy atom. The number of hydrogen-bond acceptors (Lipinski definition) is 5. The minimum absolute atomic E-state index is 0.174. The minimum atomic E-state index is -0.414. The molecule has 2 aromatic rings. The highest BCUT2D eigenvalue weighted by molar-refractivity contribution is 7.20. The molecule has 96 valence electrons. The molecule has 0 saturated heterocycles. The number of carbonyl (C=O) groups is 1. The first kappa shape index (κ1) is 13.2. The van der Waals surface area contributed by atoms with Crippen molar-refractivity contribution in [3.63, 3.8) is 0 Å². The van der Waals surface area contributed by atoms with E-state index < -0.39 is 5.54 Å². The molecule has 0 spiro atoms. The van der Waals surface area contributed by atoms with Gasteiger partial charge in [0.1, 0.15) is 10.7 Å². The Kier molecular flexibility index (Phi) is 3.79. The van der Waals surface area contributed by atoms with E-state index in [-0.39, 0.29) is 5.91 Å². The summed E-state index contributed by atoms with van der Waals surface area (Å²) in [6.45, 7) is 4.16. The molecule has 0 radical (unpaired) electrons. The van der Waals surface area contributed by atoms with Crippen LogP contribution in [0.25, 0.3) is 9.88 Å². The van der Waals surface area contributed by atoms with E-state index in [1.165, 1.54) is 11.3 Å². The highest BCUT2D eigenvalue weighted by Gasteiger charge is 2.16. The van der Waals surface area contributed by atoms with E-state index in [2.05, 4.69) is 10.3 Å². The molecule has 0 aliphatic carbocycles. The van der Waals surface area contributed by atoms with Crippen LogP contribution in [0.4, 0.5) is 0 Å². The molecule has 0 aliphatic rings. The standard InChI is InChI=1S/C12H15N3OS2/c1-12(2,13)7-14-10(16)8-6-18-11(15-8)9-4-3-5-17-9/h3-6H,7,13H2,1-2H3,(H,14,16). The van der Waals surface area contributed by atoms with E-state index in [4.69, 9.17) is 5.73 Å². The lowest BCUT2D eigenvalue weighted by molar-refractivity contribution is 0.0942. The van der Waals surface area contributed by atoms with Crippen LogP contribution >= 0.6 is 22.7 Å². The van der Waals surface area contributed by atoms with E-state index in [0.717, 1.165) is 9.88 Å².